The van der Waals surface area contributed by atoms with Crippen molar-refractivity contribution in [3.8, 4) is 11.3 Å². The summed E-state index contributed by atoms with van der Waals surface area (Å²) < 4.78 is 44.2. The third-order valence-electron chi connectivity index (χ3n) is 2.94. The molecule has 1 aliphatic rings. The van der Waals surface area contributed by atoms with Crippen LogP contribution in [-0.4, -0.2) is 22.5 Å². The Balaban J connectivity index is 1.79. The number of hydrogen-bond donors (Lipinski definition) is 0. The maximum Gasteiger partial charge on any atom is 0.416 e. The number of epoxide rings is 1. The van der Waals surface area contributed by atoms with Gasteiger partial charge in [-0.1, -0.05) is 12.1 Å². The Bertz CT molecular complexity index is 570. The van der Waals surface area contributed by atoms with Crippen molar-refractivity contribution in [2.75, 3.05) is 6.61 Å². The van der Waals surface area contributed by atoms with Gasteiger partial charge in [-0.2, -0.15) is 18.3 Å². The highest BCUT2D eigenvalue weighted by atomic mass is 19.4. The minimum absolute atomic E-state index is 0.223. The first-order chi connectivity index (χ1) is 9.02. The van der Waals surface area contributed by atoms with Crippen LogP contribution in [0.15, 0.2) is 36.5 Å². The smallest absolute Gasteiger partial charge is 0.371 e. The van der Waals surface area contributed by atoms with Crippen molar-refractivity contribution in [3.05, 3.63) is 42.1 Å². The summed E-state index contributed by atoms with van der Waals surface area (Å²) in [6, 6.07) is 6.79. The predicted molar refractivity (Wildman–Crippen MR) is 62.4 cm³/mol. The maximum absolute atomic E-state index is 12.4. The van der Waals surface area contributed by atoms with Crippen molar-refractivity contribution < 1.29 is 17.9 Å². The standard InChI is InChI=1S/C13H11F3N2O/c14-13(15,16)10-3-1-9(2-4-10)12-5-6-18(17-12)7-11-8-19-11/h1-6,11H,7-8H2. The SMILES string of the molecule is FC(F)(F)c1ccc(-c2ccn(CC3CO3)n2)cc1. The molecular formula is C13H11F3N2O. The van der Waals surface area contributed by atoms with E-state index in [0.29, 0.717) is 17.8 Å². The highest BCUT2D eigenvalue weighted by molar-refractivity contribution is 5.58. The molecule has 2 heterocycles. The molecule has 3 nitrogen and oxygen atoms in total. The van der Waals surface area contributed by atoms with Gasteiger partial charge in [0.25, 0.3) is 0 Å². The van der Waals surface area contributed by atoms with Crippen molar-refractivity contribution in [2.45, 2.75) is 18.8 Å². The van der Waals surface area contributed by atoms with Gasteiger partial charge in [0.15, 0.2) is 0 Å². The molecule has 0 amide bonds. The fourth-order valence-electron chi connectivity index (χ4n) is 1.83. The van der Waals surface area contributed by atoms with Crippen LogP contribution in [0.5, 0.6) is 0 Å². The molecule has 1 unspecified atom stereocenters. The number of ether oxygens (including phenoxy) is 1. The van der Waals surface area contributed by atoms with Crippen molar-refractivity contribution in [3.63, 3.8) is 0 Å². The first-order valence-electron chi connectivity index (χ1n) is 5.85. The van der Waals surface area contributed by atoms with E-state index in [0.717, 1.165) is 18.7 Å². The topological polar surface area (TPSA) is 30.4 Å². The summed E-state index contributed by atoms with van der Waals surface area (Å²) >= 11 is 0. The molecule has 0 spiro atoms. The molecule has 100 valence electrons. The second kappa shape index (κ2) is 4.38. The highest BCUT2D eigenvalue weighted by Crippen LogP contribution is 2.30. The summed E-state index contributed by atoms with van der Waals surface area (Å²) in [5.41, 5.74) is 0.680. The Kier molecular flexibility index (Phi) is 2.82. The Morgan fingerprint density at radius 3 is 2.47 bits per heavy atom. The summed E-state index contributed by atoms with van der Waals surface area (Å²) in [5.74, 6) is 0. The van der Waals surface area contributed by atoms with Crippen molar-refractivity contribution in [2.24, 2.45) is 0 Å². The second-order valence-electron chi connectivity index (χ2n) is 4.45. The summed E-state index contributed by atoms with van der Waals surface area (Å²) in [7, 11) is 0. The van der Waals surface area contributed by atoms with E-state index in [2.05, 4.69) is 5.10 Å². The molecule has 3 rings (SSSR count). The minimum Gasteiger partial charge on any atom is -0.371 e. The molecular weight excluding hydrogens is 257 g/mol. The van der Waals surface area contributed by atoms with E-state index < -0.39 is 11.7 Å². The van der Waals surface area contributed by atoms with Gasteiger partial charge in [-0.25, -0.2) is 0 Å². The van der Waals surface area contributed by atoms with E-state index >= 15 is 0 Å². The van der Waals surface area contributed by atoms with E-state index in [1.807, 2.05) is 0 Å². The number of rotatable bonds is 3. The van der Waals surface area contributed by atoms with Crippen LogP contribution >= 0.6 is 0 Å². The van der Waals surface area contributed by atoms with Crippen LogP contribution in [0.25, 0.3) is 11.3 Å². The minimum atomic E-state index is -4.30. The quantitative estimate of drug-likeness (QED) is 0.801. The second-order valence-corrected chi connectivity index (χ2v) is 4.45. The van der Waals surface area contributed by atoms with Crippen molar-refractivity contribution in [1.82, 2.24) is 9.78 Å². The van der Waals surface area contributed by atoms with Crippen LogP contribution in [-0.2, 0) is 17.5 Å². The first kappa shape index (κ1) is 12.2. The van der Waals surface area contributed by atoms with Gasteiger partial charge in [0.1, 0.15) is 6.10 Å². The van der Waals surface area contributed by atoms with Crippen LogP contribution in [0.4, 0.5) is 13.2 Å². The third-order valence-corrected chi connectivity index (χ3v) is 2.94. The first-order valence-corrected chi connectivity index (χ1v) is 5.85. The molecule has 1 aromatic carbocycles. The Morgan fingerprint density at radius 1 is 1.21 bits per heavy atom. The van der Waals surface area contributed by atoms with E-state index in [9.17, 15) is 13.2 Å². The zero-order chi connectivity index (χ0) is 13.5. The van der Waals surface area contributed by atoms with Gasteiger partial charge in [-0.3, -0.25) is 4.68 Å². The van der Waals surface area contributed by atoms with E-state index in [4.69, 9.17) is 4.74 Å². The lowest BCUT2D eigenvalue weighted by Gasteiger charge is -2.06. The number of aromatic nitrogens is 2. The van der Waals surface area contributed by atoms with Crippen molar-refractivity contribution >= 4 is 0 Å². The molecule has 19 heavy (non-hydrogen) atoms. The summed E-state index contributed by atoms with van der Waals surface area (Å²) in [4.78, 5) is 0. The number of halogens is 3. The van der Waals surface area contributed by atoms with Gasteiger partial charge in [0.05, 0.1) is 24.4 Å². The molecule has 0 aliphatic carbocycles. The van der Waals surface area contributed by atoms with Crippen molar-refractivity contribution in [1.29, 1.82) is 0 Å². The number of alkyl halides is 3. The summed E-state index contributed by atoms with van der Waals surface area (Å²) in [5, 5.41) is 4.31. The predicted octanol–water partition coefficient (Wildman–Crippen LogP) is 2.97. The Hall–Kier alpha value is -1.82. The largest absolute Gasteiger partial charge is 0.416 e. The van der Waals surface area contributed by atoms with Crippen LogP contribution in [0.2, 0.25) is 0 Å². The molecule has 0 radical (unpaired) electrons. The molecule has 1 fully saturated rings. The Labute approximate surface area is 107 Å². The normalized spacial score (nSPS) is 18.6. The molecule has 1 aromatic heterocycles. The average molecular weight is 268 g/mol. The van der Waals surface area contributed by atoms with Gasteiger partial charge >= 0.3 is 6.18 Å². The zero-order valence-corrected chi connectivity index (χ0v) is 9.89. The summed E-state index contributed by atoms with van der Waals surface area (Å²) in [6.45, 7) is 1.43. The van der Waals surface area contributed by atoms with E-state index in [-0.39, 0.29) is 6.10 Å². The Morgan fingerprint density at radius 2 is 1.89 bits per heavy atom. The molecule has 2 aromatic rings. The lowest BCUT2D eigenvalue weighted by Crippen LogP contribution is -2.05. The summed E-state index contributed by atoms with van der Waals surface area (Å²) in [6.07, 6.45) is -2.28. The van der Waals surface area contributed by atoms with Gasteiger partial charge in [0.2, 0.25) is 0 Å². The molecule has 0 saturated carbocycles. The molecule has 1 aliphatic heterocycles. The van der Waals surface area contributed by atoms with Gasteiger partial charge in [-0.05, 0) is 18.2 Å². The van der Waals surface area contributed by atoms with Crippen LogP contribution in [0.1, 0.15) is 5.56 Å². The van der Waals surface area contributed by atoms with Crippen LogP contribution in [0, 0.1) is 0 Å². The van der Waals surface area contributed by atoms with E-state index in [1.165, 1.54) is 12.1 Å². The van der Waals surface area contributed by atoms with E-state index in [1.54, 1.807) is 16.9 Å². The zero-order valence-electron chi connectivity index (χ0n) is 9.89. The highest BCUT2D eigenvalue weighted by Gasteiger charge is 2.30. The molecule has 0 bridgehead atoms. The lowest BCUT2D eigenvalue weighted by atomic mass is 10.1. The number of hydrogen-bond acceptors (Lipinski definition) is 2. The number of nitrogens with zero attached hydrogens (tertiary/aromatic N) is 2. The molecule has 6 heteroatoms. The molecule has 1 atom stereocenters. The fraction of sp³-hybridized carbons (Fsp3) is 0.308. The van der Waals surface area contributed by atoms with Crippen LogP contribution in [0.3, 0.4) is 0 Å². The van der Waals surface area contributed by atoms with Gasteiger partial charge in [-0.15, -0.1) is 0 Å². The van der Waals surface area contributed by atoms with Gasteiger partial charge in [0, 0.05) is 11.8 Å². The average Bonchev–Trinajstić information content (AvgIpc) is 3.04. The lowest BCUT2D eigenvalue weighted by molar-refractivity contribution is -0.137. The van der Waals surface area contributed by atoms with Gasteiger partial charge < -0.3 is 4.74 Å². The molecule has 1 saturated heterocycles. The monoisotopic (exact) mass is 268 g/mol. The van der Waals surface area contributed by atoms with Crippen LogP contribution < -0.4 is 0 Å². The molecule has 0 N–H and O–H groups in total. The fourth-order valence-corrected chi connectivity index (χ4v) is 1.83. The number of benzene rings is 1. The third kappa shape index (κ3) is 2.78. The maximum atomic E-state index is 12.4.